The molecule has 0 N–H and O–H groups in total. The van der Waals surface area contributed by atoms with Gasteiger partial charge in [0, 0.05) is 5.56 Å². The molecule has 40 heavy (non-hydrogen) atoms. The molecular formula is C31H31F3N2O4. The third-order valence-electron chi connectivity index (χ3n) is 6.75. The standard InChI is InChI=1S/C31H31F3N2O4/c1-4-39-28(37)27(22-11-6-5-7-12-22)40-25-18-16-21(17-19-25)10-8-15-26-30(2,3)29(38)36(35-26)24-14-9-13-23(20-24)31(32,33)34/h5-7,9,11-14,16-20,27H,4,8,10,15H2,1-3H3. The van der Waals surface area contributed by atoms with Crippen LogP contribution in [0.25, 0.3) is 0 Å². The molecule has 0 bridgehead atoms. The lowest BCUT2D eigenvalue weighted by atomic mass is 9.84. The Morgan fingerprint density at radius 3 is 2.33 bits per heavy atom. The van der Waals surface area contributed by atoms with E-state index >= 15 is 0 Å². The van der Waals surface area contributed by atoms with Crippen LogP contribution in [-0.2, 0) is 26.9 Å². The number of carbonyl (C=O) groups excluding carboxylic acids is 2. The summed E-state index contributed by atoms with van der Waals surface area (Å²) in [7, 11) is 0. The molecule has 210 valence electrons. The molecule has 0 spiro atoms. The van der Waals surface area contributed by atoms with Crippen molar-refractivity contribution in [3.8, 4) is 5.75 Å². The van der Waals surface area contributed by atoms with Gasteiger partial charge < -0.3 is 9.47 Å². The minimum Gasteiger partial charge on any atom is -0.474 e. The third-order valence-corrected chi connectivity index (χ3v) is 6.75. The molecule has 0 aromatic heterocycles. The molecule has 1 unspecified atom stereocenters. The van der Waals surface area contributed by atoms with Crippen LogP contribution in [0.15, 0.2) is 84.0 Å². The van der Waals surface area contributed by atoms with E-state index in [1.54, 1.807) is 32.9 Å². The van der Waals surface area contributed by atoms with Gasteiger partial charge in [0.05, 0.1) is 29.0 Å². The summed E-state index contributed by atoms with van der Waals surface area (Å²) in [5.41, 5.74) is 0.677. The predicted molar refractivity (Wildman–Crippen MR) is 146 cm³/mol. The maximum Gasteiger partial charge on any atom is 0.416 e. The minimum absolute atomic E-state index is 0.0927. The molecule has 6 nitrogen and oxygen atoms in total. The molecule has 1 heterocycles. The zero-order chi connectivity index (χ0) is 28.9. The molecule has 1 atom stereocenters. The maximum atomic E-state index is 13.2. The van der Waals surface area contributed by atoms with Gasteiger partial charge in [0.25, 0.3) is 5.91 Å². The van der Waals surface area contributed by atoms with Crippen molar-refractivity contribution in [3.63, 3.8) is 0 Å². The van der Waals surface area contributed by atoms with Crippen LogP contribution in [0.1, 0.15) is 56.4 Å². The Bertz CT molecular complexity index is 1370. The molecule has 3 aromatic carbocycles. The first-order valence-corrected chi connectivity index (χ1v) is 13.1. The van der Waals surface area contributed by atoms with E-state index in [-0.39, 0.29) is 18.2 Å². The largest absolute Gasteiger partial charge is 0.474 e. The lowest BCUT2D eigenvalue weighted by molar-refractivity contribution is -0.151. The van der Waals surface area contributed by atoms with Gasteiger partial charge in [-0.15, -0.1) is 0 Å². The molecule has 0 saturated heterocycles. The average Bonchev–Trinajstić information content (AvgIpc) is 3.16. The highest BCUT2D eigenvalue weighted by molar-refractivity contribution is 6.18. The Labute approximate surface area is 231 Å². The van der Waals surface area contributed by atoms with Crippen molar-refractivity contribution in [2.24, 2.45) is 10.5 Å². The molecule has 4 rings (SSSR count). The highest BCUT2D eigenvalue weighted by atomic mass is 19.4. The number of benzene rings is 3. The summed E-state index contributed by atoms with van der Waals surface area (Å²) in [4.78, 5) is 25.5. The predicted octanol–water partition coefficient (Wildman–Crippen LogP) is 7.14. The quantitative estimate of drug-likeness (QED) is 0.251. The van der Waals surface area contributed by atoms with Gasteiger partial charge in [0.2, 0.25) is 6.10 Å². The number of hydrazone groups is 1. The number of carbonyl (C=O) groups is 2. The fourth-order valence-corrected chi connectivity index (χ4v) is 4.46. The number of esters is 1. The Balaban J connectivity index is 1.40. The van der Waals surface area contributed by atoms with Crippen molar-refractivity contribution in [1.29, 1.82) is 0 Å². The Kier molecular flexibility index (Phi) is 8.61. The molecular weight excluding hydrogens is 521 g/mol. The second-order valence-electron chi connectivity index (χ2n) is 9.99. The number of aryl methyl sites for hydroxylation is 1. The van der Waals surface area contributed by atoms with Crippen LogP contribution >= 0.6 is 0 Å². The van der Waals surface area contributed by atoms with E-state index in [0.717, 1.165) is 22.7 Å². The fourth-order valence-electron chi connectivity index (χ4n) is 4.46. The maximum absolute atomic E-state index is 13.2. The number of rotatable bonds is 10. The van der Waals surface area contributed by atoms with E-state index < -0.39 is 29.2 Å². The van der Waals surface area contributed by atoms with E-state index in [4.69, 9.17) is 9.47 Å². The molecule has 0 radical (unpaired) electrons. The first-order valence-electron chi connectivity index (χ1n) is 13.1. The summed E-state index contributed by atoms with van der Waals surface area (Å²) in [6.45, 7) is 5.46. The molecule has 0 aliphatic carbocycles. The number of hydrogen-bond acceptors (Lipinski definition) is 5. The molecule has 1 aliphatic rings. The number of ether oxygens (including phenoxy) is 2. The van der Waals surface area contributed by atoms with Crippen LogP contribution in [0.4, 0.5) is 18.9 Å². The van der Waals surface area contributed by atoms with Gasteiger partial charge in [-0.2, -0.15) is 23.3 Å². The van der Waals surface area contributed by atoms with Gasteiger partial charge in [0.1, 0.15) is 5.75 Å². The molecule has 0 saturated carbocycles. The van der Waals surface area contributed by atoms with Crippen LogP contribution in [0.2, 0.25) is 0 Å². The highest BCUT2D eigenvalue weighted by Gasteiger charge is 2.43. The van der Waals surface area contributed by atoms with Crippen molar-refractivity contribution in [1.82, 2.24) is 0 Å². The lowest BCUT2D eigenvalue weighted by Gasteiger charge is -2.20. The zero-order valence-corrected chi connectivity index (χ0v) is 22.6. The first kappa shape index (κ1) is 28.9. The number of anilines is 1. The third kappa shape index (κ3) is 6.52. The first-order chi connectivity index (χ1) is 19.0. The minimum atomic E-state index is -4.51. The number of amides is 1. The van der Waals surface area contributed by atoms with Crippen LogP contribution in [0.5, 0.6) is 5.75 Å². The molecule has 1 amide bonds. The average molecular weight is 553 g/mol. The van der Waals surface area contributed by atoms with Crippen LogP contribution in [0, 0.1) is 5.41 Å². The molecule has 1 aliphatic heterocycles. The number of halogens is 3. The van der Waals surface area contributed by atoms with Crippen molar-refractivity contribution in [3.05, 3.63) is 95.6 Å². The second-order valence-corrected chi connectivity index (χ2v) is 9.99. The van der Waals surface area contributed by atoms with Gasteiger partial charge in [0.15, 0.2) is 0 Å². The summed E-state index contributed by atoms with van der Waals surface area (Å²) in [6, 6.07) is 21.2. The van der Waals surface area contributed by atoms with Crippen molar-refractivity contribution in [2.75, 3.05) is 11.6 Å². The summed E-state index contributed by atoms with van der Waals surface area (Å²) in [6.07, 6.45) is -3.52. The van der Waals surface area contributed by atoms with Crippen LogP contribution < -0.4 is 9.75 Å². The van der Waals surface area contributed by atoms with Gasteiger partial charge in [-0.05, 0) is 75.9 Å². The molecule has 0 fully saturated rings. The Hall–Kier alpha value is -4.14. The SMILES string of the molecule is CCOC(=O)C(Oc1ccc(CCCC2=NN(c3cccc(C(F)(F)F)c3)C(=O)C2(C)C)cc1)c1ccccc1. The normalized spacial score (nSPS) is 15.5. The Morgan fingerprint density at radius 1 is 0.975 bits per heavy atom. The van der Waals surface area contributed by atoms with E-state index in [2.05, 4.69) is 5.10 Å². The Morgan fingerprint density at radius 2 is 1.68 bits per heavy atom. The van der Waals surface area contributed by atoms with Gasteiger partial charge >= 0.3 is 12.1 Å². The summed E-state index contributed by atoms with van der Waals surface area (Å²) < 4.78 is 50.7. The fraction of sp³-hybridized carbons (Fsp3) is 0.323. The number of hydrogen-bond donors (Lipinski definition) is 0. The highest BCUT2D eigenvalue weighted by Crippen LogP contribution is 2.37. The van der Waals surface area contributed by atoms with Gasteiger partial charge in [-0.25, -0.2) is 4.79 Å². The van der Waals surface area contributed by atoms with E-state index in [9.17, 15) is 22.8 Å². The topological polar surface area (TPSA) is 68.2 Å². The summed E-state index contributed by atoms with van der Waals surface area (Å²) >= 11 is 0. The van der Waals surface area contributed by atoms with Crippen molar-refractivity contribution >= 4 is 23.3 Å². The second kappa shape index (κ2) is 11.9. The van der Waals surface area contributed by atoms with Crippen molar-refractivity contribution in [2.45, 2.75) is 52.3 Å². The number of alkyl halides is 3. The zero-order valence-electron chi connectivity index (χ0n) is 22.6. The summed E-state index contributed by atoms with van der Waals surface area (Å²) in [5.74, 6) is -0.307. The van der Waals surface area contributed by atoms with Crippen LogP contribution in [0.3, 0.4) is 0 Å². The number of nitrogens with zero attached hydrogens (tertiary/aromatic N) is 2. The molecule has 9 heteroatoms. The van der Waals surface area contributed by atoms with Crippen LogP contribution in [-0.4, -0.2) is 24.2 Å². The smallest absolute Gasteiger partial charge is 0.416 e. The van der Waals surface area contributed by atoms with E-state index in [1.807, 2.05) is 42.5 Å². The van der Waals surface area contributed by atoms with E-state index in [1.165, 1.54) is 12.1 Å². The summed E-state index contributed by atoms with van der Waals surface area (Å²) in [5, 5.41) is 5.50. The monoisotopic (exact) mass is 552 g/mol. The lowest BCUT2D eigenvalue weighted by Crippen LogP contribution is -2.34. The molecule has 3 aromatic rings. The van der Waals surface area contributed by atoms with E-state index in [0.29, 0.717) is 36.3 Å². The van der Waals surface area contributed by atoms with Gasteiger partial charge in [-0.3, -0.25) is 4.79 Å². The van der Waals surface area contributed by atoms with Gasteiger partial charge in [-0.1, -0.05) is 48.5 Å². The van der Waals surface area contributed by atoms with Crippen molar-refractivity contribution < 1.29 is 32.2 Å².